The van der Waals surface area contributed by atoms with Crippen LogP contribution in [0.4, 0.5) is 10.8 Å². The number of carbonyl (C=O) groups is 1. The van der Waals surface area contributed by atoms with E-state index in [2.05, 4.69) is 15.0 Å². The zero-order valence-electron chi connectivity index (χ0n) is 13.5. The van der Waals surface area contributed by atoms with E-state index in [1.807, 2.05) is 0 Å². The van der Waals surface area contributed by atoms with Crippen LogP contribution in [0, 0.1) is 5.92 Å². The van der Waals surface area contributed by atoms with Gasteiger partial charge in [-0.3, -0.25) is 9.52 Å². The monoisotopic (exact) mass is 380 g/mol. The van der Waals surface area contributed by atoms with E-state index in [4.69, 9.17) is 5.73 Å². The van der Waals surface area contributed by atoms with E-state index in [0.29, 0.717) is 17.2 Å². The van der Waals surface area contributed by atoms with Crippen molar-refractivity contribution in [3.63, 3.8) is 0 Å². The van der Waals surface area contributed by atoms with Gasteiger partial charge in [0.05, 0.1) is 4.90 Å². The van der Waals surface area contributed by atoms with Crippen molar-refractivity contribution in [1.29, 1.82) is 0 Å². The molecule has 1 saturated carbocycles. The van der Waals surface area contributed by atoms with Crippen molar-refractivity contribution in [1.82, 2.24) is 4.98 Å². The summed E-state index contributed by atoms with van der Waals surface area (Å²) in [6.45, 7) is 0. The van der Waals surface area contributed by atoms with Crippen LogP contribution < -0.4 is 15.8 Å². The molecule has 134 valence electrons. The average Bonchev–Trinajstić information content (AvgIpc) is 3.07. The SMILES string of the molecule is NC1CCCC(C(=O)Nc2cccc(S(=O)(=O)Nc3nccs3)c2)C1. The number of nitrogens with one attached hydrogen (secondary N) is 2. The normalized spacial score (nSPS) is 20.8. The molecule has 2 atom stereocenters. The minimum atomic E-state index is -3.75. The summed E-state index contributed by atoms with van der Waals surface area (Å²) in [5, 5.41) is 4.78. The standard InChI is InChI=1S/C16H20N4O3S2/c17-12-4-1-3-11(9-12)15(21)19-13-5-2-6-14(10-13)25(22,23)20-16-18-7-8-24-16/h2,5-8,10-12H,1,3-4,9,17H2,(H,18,20)(H,19,21). The molecule has 2 aromatic rings. The number of benzene rings is 1. The van der Waals surface area contributed by atoms with Gasteiger partial charge in [0.1, 0.15) is 0 Å². The molecule has 0 bridgehead atoms. The predicted octanol–water partition coefficient (Wildman–Crippen LogP) is 2.40. The maximum Gasteiger partial charge on any atom is 0.263 e. The molecule has 1 aromatic heterocycles. The van der Waals surface area contributed by atoms with E-state index in [1.165, 1.54) is 29.7 Å². The minimum Gasteiger partial charge on any atom is -0.328 e. The summed E-state index contributed by atoms with van der Waals surface area (Å²) in [6.07, 6.45) is 4.87. The van der Waals surface area contributed by atoms with Crippen LogP contribution in [0.15, 0.2) is 40.7 Å². The highest BCUT2D eigenvalue weighted by Gasteiger charge is 2.25. The smallest absolute Gasteiger partial charge is 0.263 e. The van der Waals surface area contributed by atoms with Gasteiger partial charge >= 0.3 is 0 Å². The maximum atomic E-state index is 12.4. The van der Waals surface area contributed by atoms with Gasteiger partial charge in [0, 0.05) is 29.2 Å². The van der Waals surface area contributed by atoms with Crippen LogP contribution in [-0.4, -0.2) is 25.4 Å². The van der Waals surface area contributed by atoms with Crippen LogP contribution in [0.5, 0.6) is 0 Å². The summed E-state index contributed by atoms with van der Waals surface area (Å²) in [6, 6.07) is 6.24. The van der Waals surface area contributed by atoms with Crippen LogP contribution in [0.3, 0.4) is 0 Å². The van der Waals surface area contributed by atoms with Crippen molar-refractivity contribution in [2.24, 2.45) is 11.7 Å². The predicted molar refractivity (Wildman–Crippen MR) is 97.9 cm³/mol. The first kappa shape index (κ1) is 17.8. The number of anilines is 2. The number of sulfonamides is 1. The van der Waals surface area contributed by atoms with Gasteiger partial charge in [0.2, 0.25) is 5.91 Å². The molecule has 1 amide bonds. The highest BCUT2D eigenvalue weighted by Crippen LogP contribution is 2.25. The highest BCUT2D eigenvalue weighted by molar-refractivity contribution is 7.93. The van der Waals surface area contributed by atoms with Crippen LogP contribution in [0.2, 0.25) is 0 Å². The van der Waals surface area contributed by atoms with E-state index in [1.54, 1.807) is 17.5 Å². The number of nitrogens with two attached hydrogens (primary N) is 1. The van der Waals surface area contributed by atoms with E-state index in [9.17, 15) is 13.2 Å². The van der Waals surface area contributed by atoms with Gasteiger partial charge in [0.25, 0.3) is 10.0 Å². The van der Waals surface area contributed by atoms with Crippen LogP contribution in [0.25, 0.3) is 0 Å². The molecular formula is C16H20N4O3S2. The van der Waals surface area contributed by atoms with Gasteiger partial charge < -0.3 is 11.1 Å². The molecule has 1 aliphatic carbocycles. The third-order valence-electron chi connectivity index (χ3n) is 4.15. The molecule has 1 fully saturated rings. The van der Waals surface area contributed by atoms with Crippen molar-refractivity contribution in [2.75, 3.05) is 10.0 Å². The Morgan fingerprint density at radius 1 is 1.32 bits per heavy atom. The molecule has 4 N–H and O–H groups in total. The molecular weight excluding hydrogens is 360 g/mol. The number of thiazole rings is 1. The van der Waals surface area contributed by atoms with Gasteiger partial charge in [-0.25, -0.2) is 13.4 Å². The Labute approximate surface area is 150 Å². The highest BCUT2D eigenvalue weighted by atomic mass is 32.2. The lowest BCUT2D eigenvalue weighted by atomic mass is 9.85. The fraction of sp³-hybridized carbons (Fsp3) is 0.375. The Bertz CT molecular complexity index is 837. The van der Waals surface area contributed by atoms with Crippen LogP contribution in [-0.2, 0) is 14.8 Å². The van der Waals surface area contributed by atoms with E-state index in [0.717, 1.165) is 19.3 Å². The first-order valence-corrected chi connectivity index (χ1v) is 10.4. The molecule has 1 aromatic carbocycles. The summed E-state index contributed by atoms with van der Waals surface area (Å²) >= 11 is 1.20. The topological polar surface area (TPSA) is 114 Å². The lowest BCUT2D eigenvalue weighted by Crippen LogP contribution is -2.34. The molecule has 0 spiro atoms. The Morgan fingerprint density at radius 2 is 2.16 bits per heavy atom. The molecule has 1 heterocycles. The van der Waals surface area contributed by atoms with Crippen molar-refractivity contribution in [3.8, 4) is 0 Å². The number of rotatable bonds is 5. The van der Waals surface area contributed by atoms with Crippen molar-refractivity contribution >= 4 is 38.1 Å². The number of hydrogen-bond donors (Lipinski definition) is 3. The lowest BCUT2D eigenvalue weighted by molar-refractivity contribution is -0.120. The largest absolute Gasteiger partial charge is 0.328 e. The summed E-state index contributed by atoms with van der Waals surface area (Å²) in [5.41, 5.74) is 6.38. The van der Waals surface area contributed by atoms with Crippen molar-refractivity contribution < 1.29 is 13.2 Å². The van der Waals surface area contributed by atoms with Gasteiger partial charge in [-0.1, -0.05) is 12.5 Å². The third kappa shape index (κ3) is 4.56. The number of nitrogens with zero attached hydrogens (tertiary/aromatic N) is 1. The van der Waals surface area contributed by atoms with Crippen LogP contribution >= 0.6 is 11.3 Å². The zero-order chi connectivity index (χ0) is 17.9. The third-order valence-corrected chi connectivity index (χ3v) is 6.31. The Balaban J connectivity index is 1.71. The quantitative estimate of drug-likeness (QED) is 0.737. The molecule has 9 heteroatoms. The second kappa shape index (κ2) is 7.51. The Hall–Kier alpha value is -1.97. The summed E-state index contributed by atoms with van der Waals surface area (Å²) in [5.74, 6) is -0.241. The second-order valence-corrected chi connectivity index (χ2v) is 8.66. The van der Waals surface area contributed by atoms with Gasteiger partial charge in [-0.15, -0.1) is 11.3 Å². The van der Waals surface area contributed by atoms with Crippen LogP contribution in [0.1, 0.15) is 25.7 Å². The molecule has 1 aliphatic rings. The Morgan fingerprint density at radius 3 is 2.88 bits per heavy atom. The number of aromatic nitrogens is 1. The molecule has 3 rings (SSSR count). The number of hydrogen-bond acceptors (Lipinski definition) is 6. The van der Waals surface area contributed by atoms with E-state index >= 15 is 0 Å². The minimum absolute atomic E-state index is 0.0544. The first-order valence-electron chi connectivity index (χ1n) is 8.03. The van der Waals surface area contributed by atoms with E-state index in [-0.39, 0.29) is 22.8 Å². The van der Waals surface area contributed by atoms with Crippen molar-refractivity contribution in [2.45, 2.75) is 36.6 Å². The fourth-order valence-electron chi connectivity index (χ4n) is 2.90. The summed E-state index contributed by atoms with van der Waals surface area (Å²) in [4.78, 5) is 16.4. The second-order valence-electron chi connectivity index (χ2n) is 6.08. The van der Waals surface area contributed by atoms with E-state index < -0.39 is 10.0 Å². The van der Waals surface area contributed by atoms with Crippen molar-refractivity contribution in [3.05, 3.63) is 35.8 Å². The molecule has 25 heavy (non-hydrogen) atoms. The number of amides is 1. The summed E-state index contributed by atoms with van der Waals surface area (Å²) < 4.78 is 27.2. The van der Waals surface area contributed by atoms with Gasteiger partial charge in [0.15, 0.2) is 5.13 Å². The molecule has 0 radical (unpaired) electrons. The van der Waals surface area contributed by atoms with Gasteiger partial charge in [-0.05, 0) is 37.5 Å². The Kier molecular flexibility index (Phi) is 5.36. The molecule has 2 unspecified atom stereocenters. The molecule has 0 saturated heterocycles. The molecule has 0 aliphatic heterocycles. The zero-order valence-corrected chi connectivity index (χ0v) is 15.1. The lowest BCUT2D eigenvalue weighted by Gasteiger charge is -2.25. The van der Waals surface area contributed by atoms with Gasteiger partial charge in [-0.2, -0.15) is 0 Å². The summed E-state index contributed by atoms with van der Waals surface area (Å²) in [7, 11) is -3.75. The average molecular weight is 380 g/mol. The maximum absolute atomic E-state index is 12.4. The molecule has 7 nitrogen and oxygen atoms in total. The first-order chi connectivity index (χ1) is 11.9. The number of carbonyl (C=O) groups excluding carboxylic acids is 1. The fourth-order valence-corrected chi connectivity index (χ4v) is 4.73.